The summed E-state index contributed by atoms with van der Waals surface area (Å²) in [7, 11) is 0. The molecule has 2 N–H and O–H groups in total. The largest absolute Gasteiger partial charge is 0.378 e. The number of carbonyl (C=O) groups is 2. The van der Waals surface area contributed by atoms with Crippen molar-refractivity contribution < 1.29 is 14.3 Å². The predicted molar refractivity (Wildman–Crippen MR) is 129 cm³/mol. The van der Waals surface area contributed by atoms with E-state index in [1.54, 1.807) is 4.90 Å². The Morgan fingerprint density at radius 3 is 2.79 bits per heavy atom. The Bertz CT molecular complexity index is 1130. The fourth-order valence-electron chi connectivity index (χ4n) is 6.61. The highest BCUT2D eigenvalue weighted by Gasteiger charge is 2.50. The van der Waals surface area contributed by atoms with Crippen LogP contribution in [-0.2, 0) is 26.2 Å². The van der Waals surface area contributed by atoms with Crippen LogP contribution in [0.3, 0.4) is 0 Å². The number of aromatic nitrogens is 2. The van der Waals surface area contributed by atoms with Crippen LogP contribution in [0.25, 0.3) is 0 Å². The third-order valence-corrected chi connectivity index (χ3v) is 8.63. The number of carbonyl (C=O) groups excluding carboxylic acids is 2. The molecular formula is C26H33N5O3. The van der Waals surface area contributed by atoms with Gasteiger partial charge in [0.05, 0.1) is 36.6 Å². The van der Waals surface area contributed by atoms with E-state index in [2.05, 4.69) is 41.5 Å². The fraction of sp³-hybridized carbons (Fsp3) is 0.577. The molecule has 2 amide bonds. The van der Waals surface area contributed by atoms with E-state index in [4.69, 9.17) is 4.74 Å². The average Bonchev–Trinajstić information content (AvgIpc) is 3.49. The summed E-state index contributed by atoms with van der Waals surface area (Å²) in [5.74, 6) is 0.386. The number of morpholine rings is 1. The van der Waals surface area contributed by atoms with Crippen LogP contribution in [0.5, 0.6) is 0 Å². The summed E-state index contributed by atoms with van der Waals surface area (Å²) in [5.41, 5.74) is 6.26. The van der Waals surface area contributed by atoms with E-state index in [1.165, 1.54) is 16.8 Å². The van der Waals surface area contributed by atoms with Crippen LogP contribution < -0.4 is 10.2 Å². The van der Waals surface area contributed by atoms with E-state index in [1.807, 2.05) is 11.1 Å². The molecule has 4 aliphatic rings. The van der Waals surface area contributed by atoms with Crippen molar-refractivity contribution >= 4 is 23.2 Å². The molecule has 2 aromatic rings. The molecule has 8 nitrogen and oxygen atoms in total. The molecule has 2 atom stereocenters. The van der Waals surface area contributed by atoms with Gasteiger partial charge in [-0.15, -0.1) is 0 Å². The lowest BCUT2D eigenvalue weighted by Crippen LogP contribution is -2.48. The van der Waals surface area contributed by atoms with E-state index in [9.17, 15) is 9.59 Å². The molecule has 6 rings (SSSR count). The highest BCUT2D eigenvalue weighted by molar-refractivity contribution is 6.11. The number of hydrogen-bond acceptors (Lipinski definition) is 5. The second kappa shape index (κ2) is 8.12. The molecule has 1 aromatic carbocycles. The third-order valence-electron chi connectivity index (χ3n) is 8.63. The second-order valence-corrected chi connectivity index (χ2v) is 10.1. The third kappa shape index (κ3) is 3.04. The Labute approximate surface area is 200 Å². The van der Waals surface area contributed by atoms with Gasteiger partial charge in [-0.1, -0.05) is 13.8 Å². The maximum atomic E-state index is 13.9. The highest BCUT2D eigenvalue weighted by Crippen LogP contribution is 2.54. The molecule has 180 valence electrons. The number of aryl methyl sites for hydroxylation is 1. The van der Waals surface area contributed by atoms with E-state index in [0.29, 0.717) is 45.1 Å². The molecule has 0 radical (unpaired) electrons. The zero-order valence-electron chi connectivity index (χ0n) is 20.0. The number of ether oxygens (including phenoxy) is 1. The minimum atomic E-state index is -0.582. The van der Waals surface area contributed by atoms with Gasteiger partial charge in [-0.25, -0.2) is 0 Å². The van der Waals surface area contributed by atoms with Crippen LogP contribution in [0.1, 0.15) is 73.9 Å². The minimum Gasteiger partial charge on any atom is -0.378 e. The SMILES string of the molecule is CCC1(CC)C(=O)N(CC(=O)N2CCOCC2)c2cc3c(cc21)NC1c2[nH]ncc2CCCC31. The van der Waals surface area contributed by atoms with Crippen molar-refractivity contribution in [3.63, 3.8) is 0 Å². The molecule has 1 saturated heterocycles. The molecule has 1 aromatic heterocycles. The summed E-state index contributed by atoms with van der Waals surface area (Å²) in [4.78, 5) is 30.6. The fourth-order valence-corrected chi connectivity index (χ4v) is 6.61. The number of anilines is 2. The Balaban J connectivity index is 1.40. The molecule has 4 heterocycles. The van der Waals surface area contributed by atoms with E-state index in [-0.39, 0.29) is 24.4 Å². The summed E-state index contributed by atoms with van der Waals surface area (Å²) in [6, 6.07) is 4.59. The quantitative estimate of drug-likeness (QED) is 0.726. The monoisotopic (exact) mass is 463 g/mol. The highest BCUT2D eigenvalue weighted by atomic mass is 16.5. The van der Waals surface area contributed by atoms with Crippen molar-refractivity contribution in [1.29, 1.82) is 0 Å². The van der Waals surface area contributed by atoms with Crippen molar-refractivity contribution in [3.8, 4) is 0 Å². The number of amides is 2. The lowest BCUT2D eigenvalue weighted by molar-refractivity contribution is -0.135. The first-order chi connectivity index (χ1) is 16.6. The van der Waals surface area contributed by atoms with E-state index in [0.717, 1.165) is 36.2 Å². The molecule has 0 bridgehead atoms. The van der Waals surface area contributed by atoms with Gasteiger partial charge in [0, 0.05) is 30.4 Å². The molecule has 8 heteroatoms. The molecule has 1 aliphatic carbocycles. The van der Waals surface area contributed by atoms with E-state index < -0.39 is 5.41 Å². The Kier molecular flexibility index (Phi) is 5.17. The van der Waals surface area contributed by atoms with Crippen LogP contribution in [0.4, 0.5) is 11.4 Å². The zero-order chi connectivity index (χ0) is 23.4. The first-order valence-corrected chi connectivity index (χ1v) is 12.7. The molecule has 3 aliphatic heterocycles. The summed E-state index contributed by atoms with van der Waals surface area (Å²) in [5, 5.41) is 11.3. The number of H-pyrrole nitrogens is 1. The maximum absolute atomic E-state index is 13.9. The smallest absolute Gasteiger partial charge is 0.242 e. The van der Waals surface area contributed by atoms with Crippen LogP contribution in [0, 0.1) is 0 Å². The zero-order valence-corrected chi connectivity index (χ0v) is 20.0. The number of fused-ring (bicyclic) bond motifs is 6. The van der Waals surface area contributed by atoms with Gasteiger partial charge in [0.25, 0.3) is 0 Å². The van der Waals surface area contributed by atoms with E-state index >= 15 is 0 Å². The Morgan fingerprint density at radius 2 is 2.03 bits per heavy atom. The van der Waals surface area contributed by atoms with Gasteiger partial charge in [-0.05, 0) is 60.9 Å². The van der Waals surface area contributed by atoms with Crippen molar-refractivity contribution in [1.82, 2.24) is 15.1 Å². The lowest BCUT2D eigenvalue weighted by Gasteiger charge is -2.30. The molecular weight excluding hydrogens is 430 g/mol. The first kappa shape index (κ1) is 21.6. The number of hydrogen-bond donors (Lipinski definition) is 2. The topological polar surface area (TPSA) is 90.6 Å². The normalized spacial score (nSPS) is 24.7. The summed E-state index contributed by atoms with van der Waals surface area (Å²) >= 11 is 0. The first-order valence-electron chi connectivity index (χ1n) is 12.7. The number of nitrogens with zero attached hydrogens (tertiary/aromatic N) is 3. The molecule has 0 spiro atoms. The van der Waals surface area contributed by atoms with Crippen LogP contribution in [0.2, 0.25) is 0 Å². The van der Waals surface area contributed by atoms with Crippen LogP contribution in [-0.4, -0.2) is 59.8 Å². The van der Waals surface area contributed by atoms with Crippen molar-refractivity contribution in [2.45, 2.75) is 63.3 Å². The van der Waals surface area contributed by atoms with Gasteiger partial charge < -0.3 is 19.9 Å². The van der Waals surface area contributed by atoms with Crippen LogP contribution >= 0.6 is 0 Å². The molecule has 2 unspecified atom stereocenters. The minimum absolute atomic E-state index is 0.00123. The Hall–Kier alpha value is -2.87. The van der Waals surface area contributed by atoms with Crippen molar-refractivity contribution in [2.24, 2.45) is 0 Å². The molecule has 0 saturated carbocycles. The molecule has 1 fully saturated rings. The predicted octanol–water partition coefficient (Wildman–Crippen LogP) is 3.26. The van der Waals surface area contributed by atoms with Gasteiger partial charge in [0.2, 0.25) is 11.8 Å². The lowest BCUT2D eigenvalue weighted by atomic mass is 9.76. The van der Waals surface area contributed by atoms with Gasteiger partial charge in [-0.2, -0.15) is 5.10 Å². The summed E-state index contributed by atoms with van der Waals surface area (Å²) in [6.45, 7) is 6.55. The number of benzene rings is 1. The number of nitrogens with one attached hydrogen (secondary N) is 2. The van der Waals surface area contributed by atoms with Gasteiger partial charge in [0.15, 0.2) is 0 Å². The van der Waals surface area contributed by atoms with Crippen molar-refractivity contribution in [3.05, 3.63) is 40.7 Å². The maximum Gasteiger partial charge on any atom is 0.242 e. The summed E-state index contributed by atoms with van der Waals surface area (Å²) in [6.07, 6.45) is 6.62. The van der Waals surface area contributed by atoms with Gasteiger partial charge >= 0.3 is 0 Å². The van der Waals surface area contributed by atoms with Crippen LogP contribution in [0.15, 0.2) is 18.3 Å². The number of aromatic amines is 1. The number of rotatable bonds is 4. The Morgan fingerprint density at radius 1 is 1.24 bits per heavy atom. The second-order valence-electron chi connectivity index (χ2n) is 10.1. The van der Waals surface area contributed by atoms with Gasteiger partial charge in [-0.3, -0.25) is 14.7 Å². The molecule has 34 heavy (non-hydrogen) atoms. The van der Waals surface area contributed by atoms with Crippen molar-refractivity contribution in [2.75, 3.05) is 43.1 Å². The van der Waals surface area contributed by atoms with Gasteiger partial charge in [0.1, 0.15) is 6.54 Å². The average molecular weight is 464 g/mol. The summed E-state index contributed by atoms with van der Waals surface area (Å²) < 4.78 is 5.41. The standard InChI is InChI=1S/C26H33N5O3/c1-3-26(4-2)19-13-20-18(17-7-5-6-16-14-27-29-23(16)24(17)28-20)12-21(19)31(25(26)33)15-22(32)30-8-10-34-11-9-30/h12-14,17,24,28H,3-11,15H2,1-2H3,(H,27,29).